The molecule has 1 N–H and O–H groups in total. The molecule has 1 aliphatic heterocycles. The molecule has 1 aromatic rings. The van der Waals surface area contributed by atoms with Crippen molar-refractivity contribution in [2.75, 3.05) is 4.90 Å². The Bertz CT molecular complexity index is 490. The Labute approximate surface area is 106 Å². The molecule has 1 heterocycles. The van der Waals surface area contributed by atoms with E-state index < -0.39 is 0 Å². The minimum Gasteiger partial charge on any atom is -0.508 e. The smallest absolute Gasteiger partial charge is 0.233 e. The number of aromatic hydroxyl groups is 1. The molecule has 18 heavy (non-hydrogen) atoms. The van der Waals surface area contributed by atoms with E-state index in [1.165, 1.54) is 4.90 Å². The predicted octanol–water partition coefficient (Wildman–Crippen LogP) is 2.44. The summed E-state index contributed by atoms with van der Waals surface area (Å²) in [4.78, 5) is 25.3. The van der Waals surface area contributed by atoms with Gasteiger partial charge in [0.2, 0.25) is 11.8 Å². The molecule has 0 atom stereocenters. The lowest BCUT2D eigenvalue weighted by atomic mass is 10.1. The van der Waals surface area contributed by atoms with Gasteiger partial charge in [-0.15, -0.1) is 0 Å². The maximum Gasteiger partial charge on any atom is 0.233 e. The third kappa shape index (κ3) is 2.23. The van der Waals surface area contributed by atoms with E-state index in [1.807, 2.05) is 0 Å². The molecule has 2 rings (SSSR count). The van der Waals surface area contributed by atoms with Crippen LogP contribution in [0, 0.1) is 13.8 Å². The molecule has 0 unspecified atom stereocenters. The molecule has 1 aliphatic rings. The fourth-order valence-electron chi connectivity index (χ4n) is 2.21. The minimum atomic E-state index is -0.148. The van der Waals surface area contributed by atoms with Crippen molar-refractivity contribution in [2.24, 2.45) is 0 Å². The molecule has 0 bridgehead atoms. The van der Waals surface area contributed by atoms with Crippen LogP contribution in [0.25, 0.3) is 0 Å². The van der Waals surface area contributed by atoms with Crippen molar-refractivity contribution in [1.29, 1.82) is 0 Å². The first-order valence-electron chi connectivity index (χ1n) is 6.16. The number of amides is 2. The fourth-order valence-corrected chi connectivity index (χ4v) is 2.21. The Morgan fingerprint density at radius 2 is 1.56 bits per heavy atom. The van der Waals surface area contributed by atoms with E-state index in [9.17, 15) is 14.7 Å². The second-order valence-corrected chi connectivity index (χ2v) is 4.76. The largest absolute Gasteiger partial charge is 0.508 e. The number of aryl methyl sites for hydroxylation is 2. The van der Waals surface area contributed by atoms with Crippen molar-refractivity contribution in [3.05, 3.63) is 23.3 Å². The zero-order chi connectivity index (χ0) is 13.3. The van der Waals surface area contributed by atoms with Gasteiger partial charge in [0, 0.05) is 12.8 Å². The molecule has 0 spiro atoms. The summed E-state index contributed by atoms with van der Waals surface area (Å²) in [5.74, 6) is -0.109. The topological polar surface area (TPSA) is 57.6 Å². The maximum atomic E-state index is 12.0. The number of phenolic OH excluding ortho intramolecular Hbond substituents is 1. The summed E-state index contributed by atoms with van der Waals surface area (Å²) in [6, 6.07) is 3.29. The zero-order valence-electron chi connectivity index (χ0n) is 10.7. The Morgan fingerprint density at radius 3 is 2.11 bits per heavy atom. The number of rotatable bonds is 1. The summed E-state index contributed by atoms with van der Waals surface area (Å²) in [5.41, 5.74) is 2.00. The molecule has 0 aliphatic carbocycles. The molecule has 1 saturated heterocycles. The summed E-state index contributed by atoms with van der Waals surface area (Å²) in [5, 5.41) is 9.62. The van der Waals surface area contributed by atoms with Crippen LogP contribution in [0.2, 0.25) is 0 Å². The number of hydrogen-bond acceptors (Lipinski definition) is 3. The lowest BCUT2D eigenvalue weighted by Crippen LogP contribution is -2.35. The molecular formula is C14H17NO3. The van der Waals surface area contributed by atoms with Crippen LogP contribution in [-0.4, -0.2) is 16.9 Å². The molecule has 0 radical (unpaired) electrons. The Hall–Kier alpha value is -1.84. The van der Waals surface area contributed by atoms with Crippen LogP contribution < -0.4 is 4.90 Å². The van der Waals surface area contributed by atoms with Crippen molar-refractivity contribution in [2.45, 2.75) is 39.5 Å². The average Bonchev–Trinajstić information content (AvgIpc) is 2.46. The van der Waals surface area contributed by atoms with E-state index in [2.05, 4.69) is 0 Å². The summed E-state index contributed by atoms with van der Waals surface area (Å²) < 4.78 is 0. The lowest BCUT2D eigenvalue weighted by Gasteiger charge is -2.21. The van der Waals surface area contributed by atoms with E-state index in [-0.39, 0.29) is 17.6 Å². The first kappa shape index (κ1) is 12.6. The van der Waals surface area contributed by atoms with Gasteiger partial charge in [-0.1, -0.05) is 0 Å². The number of hydrogen-bond donors (Lipinski definition) is 1. The van der Waals surface area contributed by atoms with Crippen molar-refractivity contribution in [3.63, 3.8) is 0 Å². The average molecular weight is 247 g/mol. The first-order chi connectivity index (χ1) is 8.50. The number of anilines is 1. The third-order valence-electron chi connectivity index (χ3n) is 3.29. The van der Waals surface area contributed by atoms with Gasteiger partial charge in [0.15, 0.2) is 0 Å². The van der Waals surface area contributed by atoms with Crippen molar-refractivity contribution < 1.29 is 14.7 Å². The normalized spacial score (nSPS) is 16.9. The molecule has 4 heteroatoms. The summed E-state index contributed by atoms with van der Waals surface area (Å²) in [7, 11) is 0. The van der Waals surface area contributed by atoms with Gasteiger partial charge < -0.3 is 5.11 Å². The van der Waals surface area contributed by atoms with Gasteiger partial charge in [0.05, 0.1) is 5.69 Å². The molecule has 0 aromatic heterocycles. The third-order valence-corrected chi connectivity index (χ3v) is 3.29. The molecule has 1 aromatic carbocycles. The van der Waals surface area contributed by atoms with Crippen LogP contribution in [0.1, 0.15) is 36.8 Å². The second kappa shape index (κ2) is 4.80. The van der Waals surface area contributed by atoms with Crippen molar-refractivity contribution >= 4 is 17.5 Å². The lowest BCUT2D eigenvalue weighted by molar-refractivity contribution is -0.125. The highest BCUT2D eigenvalue weighted by molar-refractivity contribution is 6.15. The summed E-state index contributed by atoms with van der Waals surface area (Å²) >= 11 is 0. The number of benzene rings is 1. The van der Waals surface area contributed by atoms with Gasteiger partial charge >= 0.3 is 0 Å². The van der Waals surface area contributed by atoms with Crippen LogP contribution in [0.4, 0.5) is 5.69 Å². The number of phenols is 1. The van der Waals surface area contributed by atoms with Gasteiger partial charge in [0.25, 0.3) is 0 Å². The number of carbonyl (C=O) groups excluding carboxylic acids is 2. The maximum absolute atomic E-state index is 12.0. The zero-order valence-corrected chi connectivity index (χ0v) is 10.7. The number of carbonyl (C=O) groups is 2. The highest BCUT2D eigenvalue weighted by Crippen LogP contribution is 2.30. The molecular weight excluding hydrogens is 230 g/mol. The van der Waals surface area contributed by atoms with E-state index in [1.54, 1.807) is 26.0 Å². The fraction of sp³-hybridized carbons (Fsp3) is 0.429. The molecule has 1 fully saturated rings. The molecule has 2 amide bonds. The molecule has 96 valence electrons. The Morgan fingerprint density at radius 1 is 1.00 bits per heavy atom. The molecule has 4 nitrogen and oxygen atoms in total. The van der Waals surface area contributed by atoms with Crippen LogP contribution in [0.15, 0.2) is 12.1 Å². The van der Waals surface area contributed by atoms with Crippen molar-refractivity contribution in [3.8, 4) is 5.75 Å². The highest BCUT2D eigenvalue weighted by atomic mass is 16.3. The Kier molecular flexibility index (Phi) is 3.36. The van der Waals surface area contributed by atoms with Crippen LogP contribution in [0.3, 0.4) is 0 Å². The van der Waals surface area contributed by atoms with Gasteiger partial charge in [-0.3, -0.25) is 14.5 Å². The quantitative estimate of drug-likeness (QED) is 0.775. The van der Waals surface area contributed by atoms with E-state index in [0.29, 0.717) is 24.1 Å². The van der Waals surface area contributed by atoms with E-state index in [4.69, 9.17) is 0 Å². The van der Waals surface area contributed by atoms with Gasteiger partial charge in [-0.25, -0.2) is 0 Å². The predicted molar refractivity (Wildman–Crippen MR) is 68.5 cm³/mol. The Balaban J connectivity index is 2.48. The van der Waals surface area contributed by atoms with Gasteiger partial charge in [-0.2, -0.15) is 0 Å². The second-order valence-electron chi connectivity index (χ2n) is 4.76. The van der Waals surface area contributed by atoms with Crippen LogP contribution in [0.5, 0.6) is 5.75 Å². The number of nitrogens with zero attached hydrogens (tertiary/aromatic N) is 1. The van der Waals surface area contributed by atoms with Crippen LogP contribution in [-0.2, 0) is 9.59 Å². The van der Waals surface area contributed by atoms with E-state index in [0.717, 1.165) is 18.4 Å². The van der Waals surface area contributed by atoms with Crippen LogP contribution >= 0.6 is 0 Å². The summed E-state index contributed by atoms with van der Waals surface area (Å²) in [6.45, 7) is 3.55. The van der Waals surface area contributed by atoms with E-state index >= 15 is 0 Å². The van der Waals surface area contributed by atoms with Crippen molar-refractivity contribution in [1.82, 2.24) is 0 Å². The highest BCUT2D eigenvalue weighted by Gasteiger charge is 2.27. The summed E-state index contributed by atoms with van der Waals surface area (Å²) in [6.07, 6.45) is 2.34. The number of imide groups is 1. The standard InChI is InChI=1S/C14H17NO3/c1-9-8-12(16)10(2)7-11(9)15-13(17)5-3-4-6-14(15)18/h7-8,16H,3-6H2,1-2H3. The monoisotopic (exact) mass is 247 g/mol. The van der Waals surface area contributed by atoms with Gasteiger partial charge in [-0.05, 0) is 49.9 Å². The molecule has 0 saturated carbocycles. The minimum absolute atomic E-state index is 0.148. The SMILES string of the molecule is Cc1cc(N2C(=O)CCCCC2=O)c(C)cc1O. The van der Waals surface area contributed by atoms with Gasteiger partial charge in [0.1, 0.15) is 5.75 Å². The first-order valence-corrected chi connectivity index (χ1v) is 6.16.